The van der Waals surface area contributed by atoms with Crippen molar-refractivity contribution in [3.63, 3.8) is 0 Å². The molecular formula is C11H19NO4. The van der Waals surface area contributed by atoms with Crippen LogP contribution in [0.25, 0.3) is 0 Å². The van der Waals surface area contributed by atoms with Gasteiger partial charge in [0, 0.05) is 19.0 Å². The zero-order chi connectivity index (χ0) is 12.1. The van der Waals surface area contributed by atoms with Crippen LogP contribution in [0.5, 0.6) is 0 Å². The highest BCUT2D eigenvalue weighted by molar-refractivity contribution is 5.81. The summed E-state index contributed by atoms with van der Waals surface area (Å²) in [4.78, 5) is 24.3. The van der Waals surface area contributed by atoms with Crippen molar-refractivity contribution in [1.82, 2.24) is 4.90 Å². The van der Waals surface area contributed by atoms with Gasteiger partial charge in [-0.15, -0.1) is 0 Å². The van der Waals surface area contributed by atoms with Crippen LogP contribution in [0.2, 0.25) is 0 Å². The van der Waals surface area contributed by atoms with Crippen molar-refractivity contribution in [2.75, 3.05) is 19.7 Å². The van der Waals surface area contributed by atoms with E-state index in [0.717, 1.165) is 0 Å². The molecule has 1 fully saturated rings. The van der Waals surface area contributed by atoms with Gasteiger partial charge in [0.25, 0.3) is 0 Å². The number of carbonyl (C=O) groups is 2. The number of aliphatic hydroxyl groups excluding tert-OH is 1. The minimum atomic E-state index is -0.805. The summed E-state index contributed by atoms with van der Waals surface area (Å²) in [7, 11) is 0. The van der Waals surface area contributed by atoms with E-state index in [2.05, 4.69) is 0 Å². The van der Waals surface area contributed by atoms with Gasteiger partial charge in [-0.1, -0.05) is 0 Å². The fourth-order valence-electron chi connectivity index (χ4n) is 2.23. The second kappa shape index (κ2) is 5.84. The van der Waals surface area contributed by atoms with E-state index in [-0.39, 0.29) is 24.3 Å². The monoisotopic (exact) mass is 229 g/mol. The Morgan fingerprint density at radius 1 is 1.31 bits per heavy atom. The van der Waals surface area contributed by atoms with Gasteiger partial charge in [-0.2, -0.15) is 0 Å². The number of hydrogen-bond donors (Lipinski definition) is 2. The van der Waals surface area contributed by atoms with Crippen LogP contribution < -0.4 is 0 Å². The SMILES string of the molecule is CCN(CCO)C(=O)[C@@H]1CC[C@H](C(=O)O)C1. The molecule has 1 saturated carbocycles. The molecule has 5 nitrogen and oxygen atoms in total. The fourth-order valence-corrected chi connectivity index (χ4v) is 2.23. The van der Waals surface area contributed by atoms with Gasteiger partial charge in [0.05, 0.1) is 12.5 Å². The number of carboxylic acid groups (broad SMARTS) is 1. The van der Waals surface area contributed by atoms with Gasteiger partial charge in [0.2, 0.25) is 5.91 Å². The standard InChI is InChI=1S/C11H19NO4/c1-2-12(5-6-13)10(14)8-3-4-9(7-8)11(15)16/h8-9,13H,2-7H2,1H3,(H,15,16)/t8-,9+/m1/s1. The molecule has 1 rings (SSSR count). The maximum atomic E-state index is 12.0. The van der Waals surface area contributed by atoms with Crippen LogP contribution in [0.3, 0.4) is 0 Å². The normalized spacial score (nSPS) is 24.4. The molecule has 0 saturated heterocycles. The number of rotatable bonds is 5. The molecular weight excluding hydrogens is 210 g/mol. The molecule has 0 spiro atoms. The molecule has 0 radical (unpaired) electrons. The van der Waals surface area contributed by atoms with E-state index >= 15 is 0 Å². The third kappa shape index (κ3) is 2.95. The highest BCUT2D eigenvalue weighted by Crippen LogP contribution is 2.32. The summed E-state index contributed by atoms with van der Waals surface area (Å²) in [6, 6.07) is 0. The second-order valence-corrected chi connectivity index (χ2v) is 4.19. The van der Waals surface area contributed by atoms with E-state index in [9.17, 15) is 9.59 Å². The topological polar surface area (TPSA) is 77.8 Å². The lowest BCUT2D eigenvalue weighted by molar-refractivity contribution is -0.141. The van der Waals surface area contributed by atoms with Crippen molar-refractivity contribution in [3.8, 4) is 0 Å². The van der Waals surface area contributed by atoms with Crippen LogP contribution in [0.1, 0.15) is 26.2 Å². The van der Waals surface area contributed by atoms with Crippen molar-refractivity contribution in [2.45, 2.75) is 26.2 Å². The highest BCUT2D eigenvalue weighted by atomic mass is 16.4. The first-order chi connectivity index (χ1) is 7.60. The average molecular weight is 229 g/mol. The van der Waals surface area contributed by atoms with Crippen molar-refractivity contribution in [1.29, 1.82) is 0 Å². The number of nitrogens with zero attached hydrogens (tertiary/aromatic N) is 1. The second-order valence-electron chi connectivity index (χ2n) is 4.19. The molecule has 2 atom stereocenters. The number of carbonyl (C=O) groups excluding carboxylic acids is 1. The minimum Gasteiger partial charge on any atom is -0.481 e. The maximum Gasteiger partial charge on any atom is 0.306 e. The van der Waals surface area contributed by atoms with Crippen molar-refractivity contribution >= 4 is 11.9 Å². The smallest absolute Gasteiger partial charge is 0.306 e. The van der Waals surface area contributed by atoms with Crippen molar-refractivity contribution < 1.29 is 19.8 Å². The van der Waals surface area contributed by atoms with Gasteiger partial charge in [0.1, 0.15) is 0 Å². The van der Waals surface area contributed by atoms with E-state index in [1.807, 2.05) is 6.92 Å². The number of aliphatic carboxylic acids is 1. The molecule has 0 unspecified atom stereocenters. The molecule has 0 aliphatic heterocycles. The summed E-state index contributed by atoms with van der Waals surface area (Å²) in [5, 5.41) is 17.7. The number of likely N-dealkylation sites (N-methyl/N-ethyl adjacent to an activating group) is 1. The van der Waals surface area contributed by atoms with E-state index in [1.165, 1.54) is 0 Å². The van der Waals surface area contributed by atoms with Crippen LogP contribution in [0.15, 0.2) is 0 Å². The first-order valence-corrected chi connectivity index (χ1v) is 5.72. The Labute approximate surface area is 95.1 Å². The molecule has 0 aromatic rings. The number of aliphatic hydroxyl groups is 1. The molecule has 2 N–H and O–H groups in total. The lowest BCUT2D eigenvalue weighted by Crippen LogP contribution is -2.37. The molecule has 16 heavy (non-hydrogen) atoms. The van der Waals surface area contributed by atoms with Gasteiger partial charge in [0.15, 0.2) is 0 Å². The van der Waals surface area contributed by atoms with Gasteiger partial charge in [-0.05, 0) is 26.2 Å². The van der Waals surface area contributed by atoms with Gasteiger partial charge < -0.3 is 15.1 Å². The summed E-state index contributed by atoms with van der Waals surface area (Å²) in [5.74, 6) is -1.37. The fraction of sp³-hybridized carbons (Fsp3) is 0.818. The van der Waals surface area contributed by atoms with Crippen LogP contribution in [-0.2, 0) is 9.59 Å². The first kappa shape index (κ1) is 13.0. The molecule has 92 valence electrons. The largest absolute Gasteiger partial charge is 0.481 e. The van der Waals surface area contributed by atoms with Gasteiger partial charge >= 0.3 is 5.97 Å². The Balaban J connectivity index is 2.52. The Bertz CT molecular complexity index is 267. The quantitative estimate of drug-likeness (QED) is 0.712. The summed E-state index contributed by atoms with van der Waals surface area (Å²) in [6.07, 6.45) is 1.68. The van der Waals surface area contributed by atoms with Crippen LogP contribution in [0.4, 0.5) is 0 Å². The molecule has 1 aliphatic rings. The Hall–Kier alpha value is -1.10. The Kier molecular flexibility index (Phi) is 4.73. The summed E-state index contributed by atoms with van der Waals surface area (Å²) in [6.45, 7) is 2.71. The predicted octanol–water partition coefficient (Wildman–Crippen LogP) is 0.328. The molecule has 5 heteroatoms. The average Bonchev–Trinajstić information content (AvgIpc) is 2.74. The van der Waals surface area contributed by atoms with E-state index in [4.69, 9.17) is 10.2 Å². The Morgan fingerprint density at radius 3 is 2.38 bits per heavy atom. The van der Waals surface area contributed by atoms with Gasteiger partial charge in [-0.3, -0.25) is 9.59 Å². The molecule has 1 amide bonds. The third-order valence-electron chi connectivity index (χ3n) is 3.19. The zero-order valence-electron chi connectivity index (χ0n) is 9.56. The van der Waals surface area contributed by atoms with Crippen LogP contribution >= 0.6 is 0 Å². The summed E-state index contributed by atoms with van der Waals surface area (Å²) >= 11 is 0. The maximum absolute atomic E-state index is 12.0. The molecule has 1 aliphatic carbocycles. The zero-order valence-corrected chi connectivity index (χ0v) is 9.56. The van der Waals surface area contributed by atoms with Crippen LogP contribution in [-0.4, -0.2) is 46.7 Å². The molecule has 0 aromatic heterocycles. The molecule has 0 heterocycles. The molecule has 0 aromatic carbocycles. The van der Waals surface area contributed by atoms with E-state index in [0.29, 0.717) is 32.4 Å². The minimum absolute atomic E-state index is 0.0136. The van der Waals surface area contributed by atoms with Gasteiger partial charge in [-0.25, -0.2) is 0 Å². The highest BCUT2D eigenvalue weighted by Gasteiger charge is 2.35. The van der Waals surface area contributed by atoms with E-state index in [1.54, 1.807) is 4.90 Å². The predicted molar refractivity (Wildman–Crippen MR) is 57.8 cm³/mol. The summed E-state index contributed by atoms with van der Waals surface area (Å²) < 4.78 is 0. The number of carboxylic acids is 1. The lowest BCUT2D eigenvalue weighted by Gasteiger charge is -2.23. The first-order valence-electron chi connectivity index (χ1n) is 5.72. The van der Waals surface area contributed by atoms with E-state index < -0.39 is 5.97 Å². The van der Waals surface area contributed by atoms with Crippen molar-refractivity contribution in [3.05, 3.63) is 0 Å². The number of amides is 1. The molecule has 0 bridgehead atoms. The Morgan fingerprint density at radius 2 is 1.94 bits per heavy atom. The number of hydrogen-bond acceptors (Lipinski definition) is 3. The van der Waals surface area contributed by atoms with Crippen molar-refractivity contribution in [2.24, 2.45) is 11.8 Å². The van der Waals surface area contributed by atoms with Crippen LogP contribution in [0, 0.1) is 11.8 Å². The lowest BCUT2D eigenvalue weighted by atomic mass is 10.0. The summed E-state index contributed by atoms with van der Waals surface area (Å²) in [5.41, 5.74) is 0. The third-order valence-corrected chi connectivity index (χ3v) is 3.19.